The van der Waals surface area contributed by atoms with Crippen molar-refractivity contribution in [1.29, 1.82) is 0 Å². The summed E-state index contributed by atoms with van der Waals surface area (Å²) >= 11 is 0. The number of aliphatic carboxylic acids is 1. The van der Waals surface area contributed by atoms with Gasteiger partial charge in [0.25, 0.3) is 0 Å². The first-order valence-corrected chi connectivity index (χ1v) is 11.2. The number of fused-ring (bicyclic) bond motifs is 2. The maximum Gasteiger partial charge on any atom is 0.304 e. The van der Waals surface area contributed by atoms with Crippen molar-refractivity contribution >= 4 is 11.8 Å². The zero-order chi connectivity index (χ0) is 23.8. The van der Waals surface area contributed by atoms with Gasteiger partial charge in [0.05, 0.1) is 19.2 Å². The van der Waals surface area contributed by atoms with Crippen LogP contribution in [-0.4, -0.2) is 36.8 Å². The summed E-state index contributed by atoms with van der Waals surface area (Å²) in [4.78, 5) is 17.3. The summed E-state index contributed by atoms with van der Waals surface area (Å²) in [5, 5.41) is 9.08. The predicted octanol–water partition coefficient (Wildman–Crippen LogP) is 5.10. The second-order valence-electron chi connectivity index (χ2n) is 8.74. The van der Waals surface area contributed by atoms with Gasteiger partial charge in [0.2, 0.25) is 0 Å². The van der Waals surface area contributed by atoms with Gasteiger partial charge in [-0.15, -0.1) is 0 Å². The van der Waals surface area contributed by atoms with Crippen LogP contribution >= 0.6 is 0 Å². The van der Waals surface area contributed by atoms with E-state index in [-0.39, 0.29) is 18.2 Å². The Morgan fingerprint density at radius 2 is 2.03 bits per heavy atom. The van der Waals surface area contributed by atoms with E-state index in [1.807, 2.05) is 37.2 Å². The first-order chi connectivity index (χ1) is 16.4. The number of pyridine rings is 1. The van der Waals surface area contributed by atoms with Gasteiger partial charge in [0.1, 0.15) is 40.7 Å². The van der Waals surface area contributed by atoms with E-state index >= 15 is 0 Å². The molecule has 8 heteroatoms. The van der Waals surface area contributed by atoms with E-state index in [4.69, 9.17) is 19.3 Å². The van der Waals surface area contributed by atoms with Gasteiger partial charge in [-0.1, -0.05) is 6.07 Å². The molecule has 176 valence electrons. The smallest absolute Gasteiger partial charge is 0.304 e. The standard InChI is InChI=1S/C26H25FN2O5/c1-29(2)24-10-4-17(13-28-24)34-21-9-7-20(27)26-19(21)6-8-22(26)33-16-3-5-18-15(11-25(30)31)14-32-23(18)12-16/h3-5,7,9-10,12-13,15,22H,6,8,11,14H2,1-2H3,(H,30,31). The van der Waals surface area contributed by atoms with Crippen molar-refractivity contribution in [3.05, 3.63) is 71.2 Å². The first-order valence-electron chi connectivity index (χ1n) is 11.2. The van der Waals surface area contributed by atoms with E-state index in [9.17, 15) is 9.18 Å². The van der Waals surface area contributed by atoms with Crippen LogP contribution in [0, 0.1) is 5.82 Å². The molecule has 2 unspecified atom stereocenters. The summed E-state index contributed by atoms with van der Waals surface area (Å²) in [6, 6.07) is 12.1. The SMILES string of the molecule is CN(C)c1ccc(Oc2ccc(F)c3c2CCC3Oc2ccc3c(c2)OCC3CC(=O)O)cn1. The topological polar surface area (TPSA) is 81.1 Å². The molecule has 1 aromatic heterocycles. The van der Waals surface area contributed by atoms with Crippen LogP contribution in [0.2, 0.25) is 0 Å². The number of halogens is 1. The van der Waals surface area contributed by atoms with Gasteiger partial charge >= 0.3 is 5.97 Å². The third-order valence-corrected chi connectivity index (χ3v) is 6.21. The van der Waals surface area contributed by atoms with Crippen LogP contribution in [-0.2, 0) is 11.2 Å². The van der Waals surface area contributed by atoms with Crippen molar-refractivity contribution in [2.75, 3.05) is 25.6 Å². The molecule has 34 heavy (non-hydrogen) atoms. The Labute approximate surface area is 196 Å². The molecule has 0 bridgehead atoms. The summed E-state index contributed by atoms with van der Waals surface area (Å²) in [5.74, 6) is 1.80. The molecule has 1 aliphatic heterocycles. The fourth-order valence-electron chi connectivity index (χ4n) is 4.55. The molecule has 2 atom stereocenters. The molecular formula is C26H25FN2O5. The number of ether oxygens (including phenoxy) is 3. The Kier molecular flexibility index (Phi) is 5.73. The van der Waals surface area contributed by atoms with E-state index in [1.165, 1.54) is 6.07 Å². The van der Waals surface area contributed by atoms with Gasteiger partial charge in [-0.05, 0) is 43.2 Å². The lowest BCUT2D eigenvalue weighted by Crippen LogP contribution is -2.10. The minimum Gasteiger partial charge on any atom is -0.492 e. The van der Waals surface area contributed by atoms with Gasteiger partial charge in [-0.2, -0.15) is 0 Å². The quantitative estimate of drug-likeness (QED) is 0.521. The Morgan fingerprint density at radius 3 is 2.76 bits per heavy atom. The minimum absolute atomic E-state index is 0.0184. The number of carboxylic acids is 1. The lowest BCUT2D eigenvalue weighted by Gasteiger charge is -2.17. The number of nitrogens with zero attached hydrogens (tertiary/aromatic N) is 2. The number of rotatable bonds is 7. The van der Waals surface area contributed by atoms with Crippen molar-refractivity contribution in [3.8, 4) is 23.0 Å². The fraction of sp³-hybridized carbons (Fsp3) is 0.308. The fourth-order valence-corrected chi connectivity index (χ4v) is 4.55. The Bertz CT molecular complexity index is 1230. The van der Waals surface area contributed by atoms with Gasteiger partial charge in [-0.3, -0.25) is 4.79 Å². The molecule has 5 rings (SSSR count). The first kappa shape index (κ1) is 22.0. The number of carbonyl (C=O) groups is 1. The molecule has 2 aliphatic rings. The molecule has 1 N–H and O–H groups in total. The predicted molar refractivity (Wildman–Crippen MR) is 124 cm³/mol. The Hall–Kier alpha value is -3.81. The van der Waals surface area contributed by atoms with E-state index in [1.54, 1.807) is 24.4 Å². The molecule has 0 saturated heterocycles. The van der Waals surface area contributed by atoms with E-state index in [2.05, 4.69) is 4.98 Å². The van der Waals surface area contributed by atoms with Gasteiger partial charge in [0, 0.05) is 42.8 Å². The van der Waals surface area contributed by atoms with Crippen LogP contribution in [0.4, 0.5) is 10.2 Å². The van der Waals surface area contributed by atoms with E-state index in [0.717, 1.165) is 16.9 Å². The number of hydrogen-bond donors (Lipinski definition) is 1. The number of anilines is 1. The van der Waals surface area contributed by atoms with Crippen LogP contribution in [0.5, 0.6) is 23.0 Å². The zero-order valence-electron chi connectivity index (χ0n) is 19.0. The van der Waals surface area contributed by atoms with Crippen molar-refractivity contribution in [3.63, 3.8) is 0 Å². The number of carboxylic acid groups (broad SMARTS) is 1. The van der Waals surface area contributed by atoms with Crippen LogP contribution < -0.4 is 19.1 Å². The van der Waals surface area contributed by atoms with Crippen LogP contribution in [0.25, 0.3) is 0 Å². The minimum atomic E-state index is -0.859. The highest BCUT2D eigenvalue weighted by Crippen LogP contribution is 2.44. The van der Waals surface area contributed by atoms with Crippen molar-refractivity contribution in [2.24, 2.45) is 0 Å². The third kappa shape index (κ3) is 4.23. The molecule has 0 saturated carbocycles. The molecule has 3 aromatic rings. The summed E-state index contributed by atoms with van der Waals surface area (Å²) in [6.45, 7) is 0.330. The summed E-state index contributed by atoms with van der Waals surface area (Å²) in [7, 11) is 3.83. The molecular weight excluding hydrogens is 439 g/mol. The highest BCUT2D eigenvalue weighted by Gasteiger charge is 2.32. The highest BCUT2D eigenvalue weighted by molar-refractivity contribution is 5.68. The maximum absolute atomic E-state index is 14.9. The van der Waals surface area contributed by atoms with Gasteiger partial charge in [-0.25, -0.2) is 9.37 Å². The molecule has 0 spiro atoms. The lowest BCUT2D eigenvalue weighted by atomic mass is 9.98. The second-order valence-corrected chi connectivity index (χ2v) is 8.74. The monoisotopic (exact) mass is 464 g/mol. The molecule has 7 nitrogen and oxygen atoms in total. The van der Waals surface area contributed by atoms with Crippen molar-refractivity contribution in [1.82, 2.24) is 4.98 Å². The van der Waals surface area contributed by atoms with Crippen LogP contribution in [0.3, 0.4) is 0 Å². The summed E-state index contributed by atoms with van der Waals surface area (Å²) < 4.78 is 32.7. The van der Waals surface area contributed by atoms with E-state index < -0.39 is 12.1 Å². The average Bonchev–Trinajstić information content (AvgIpc) is 3.41. The van der Waals surface area contributed by atoms with Crippen LogP contribution in [0.1, 0.15) is 41.6 Å². The third-order valence-electron chi connectivity index (χ3n) is 6.21. The average molecular weight is 464 g/mol. The molecule has 2 aromatic carbocycles. The van der Waals surface area contributed by atoms with Crippen molar-refractivity contribution in [2.45, 2.75) is 31.3 Å². The van der Waals surface area contributed by atoms with Crippen LogP contribution in [0.15, 0.2) is 48.7 Å². The largest absolute Gasteiger partial charge is 0.492 e. The maximum atomic E-state index is 14.9. The molecule has 1 aliphatic carbocycles. The Balaban J connectivity index is 1.35. The second kappa shape index (κ2) is 8.85. The number of aromatic nitrogens is 1. The molecule has 2 heterocycles. The zero-order valence-corrected chi connectivity index (χ0v) is 19.0. The highest BCUT2D eigenvalue weighted by atomic mass is 19.1. The van der Waals surface area contributed by atoms with Crippen molar-refractivity contribution < 1.29 is 28.5 Å². The summed E-state index contributed by atoms with van der Waals surface area (Å²) in [5.41, 5.74) is 2.15. The summed E-state index contributed by atoms with van der Waals surface area (Å²) in [6.07, 6.45) is 2.45. The normalized spacial score (nSPS) is 18.1. The van der Waals surface area contributed by atoms with E-state index in [0.29, 0.717) is 48.0 Å². The molecule has 0 radical (unpaired) electrons. The van der Waals surface area contributed by atoms with Gasteiger partial charge < -0.3 is 24.2 Å². The number of benzene rings is 2. The lowest BCUT2D eigenvalue weighted by molar-refractivity contribution is -0.137. The van der Waals surface area contributed by atoms with Gasteiger partial charge in [0.15, 0.2) is 0 Å². The number of hydrogen-bond acceptors (Lipinski definition) is 6. The Morgan fingerprint density at radius 1 is 1.21 bits per heavy atom. The molecule has 0 amide bonds. The molecule has 0 fully saturated rings.